The van der Waals surface area contributed by atoms with E-state index in [9.17, 15) is 5.26 Å². The topological polar surface area (TPSA) is 39.1 Å². The molecule has 1 saturated carbocycles. The molecule has 0 amide bonds. The Kier molecular flexibility index (Phi) is 3.28. The molecule has 1 saturated heterocycles. The van der Waals surface area contributed by atoms with Gasteiger partial charge in [-0.25, -0.2) is 0 Å². The van der Waals surface area contributed by atoms with E-state index in [4.69, 9.17) is 0 Å². The number of piperazine rings is 1. The zero-order valence-electron chi connectivity index (χ0n) is 9.63. The van der Waals surface area contributed by atoms with Crippen LogP contribution in [0.1, 0.15) is 32.6 Å². The van der Waals surface area contributed by atoms with Crippen molar-refractivity contribution < 1.29 is 0 Å². The highest BCUT2D eigenvalue weighted by Crippen LogP contribution is 2.36. The highest BCUT2D eigenvalue weighted by molar-refractivity contribution is 5.10. The summed E-state index contributed by atoms with van der Waals surface area (Å²) in [5, 5.41) is 12.8. The highest BCUT2D eigenvalue weighted by atomic mass is 15.2. The Morgan fingerprint density at radius 2 is 1.87 bits per heavy atom. The van der Waals surface area contributed by atoms with Gasteiger partial charge in [0.2, 0.25) is 0 Å². The third kappa shape index (κ3) is 2.16. The van der Waals surface area contributed by atoms with Gasteiger partial charge in [0, 0.05) is 26.2 Å². The summed E-state index contributed by atoms with van der Waals surface area (Å²) in [6.45, 7) is 6.47. The Bertz CT molecular complexity index is 242. The Morgan fingerprint density at radius 1 is 1.27 bits per heavy atom. The van der Waals surface area contributed by atoms with Crippen molar-refractivity contribution >= 4 is 0 Å². The van der Waals surface area contributed by atoms with E-state index in [1.165, 1.54) is 12.8 Å². The minimum Gasteiger partial charge on any atom is -0.314 e. The molecule has 0 radical (unpaired) electrons. The second-order valence-electron chi connectivity index (χ2n) is 5.06. The predicted molar refractivity (Wildman–Crippen MR) is 60.4 cm³/mol. The van der Waals surface area contributed by atoms with Crippen LogP contribution in [0.25, 0.3) is 0 Å². The molecule has 0 atom stereocenters. The highest BCUT2D eigenvalue weighted by Gasteiger charge is 2.39. The van der Waals surface area contributed by atoms with E-state index in [0.29, 0.717) is 0 Å². The van der Waals surface area contributed by atoms with Crippen LogP contribution in [0.3, 0.4) is 0 Å². The molecule has 1 aliphatic heterocycles. The SMILES string of the molecule is CC1CCC(C#N)(N2CCNCC2)CC1. The van der Waals surface area contributed by atoms with Gasteiger partial charge in [-0.15, -0.1) is 0 Å². The van der Waals surface area contributed by atoms with Crippen LogP contribution in [-0.4, -0.2) is 36.6 Å². The van der Waals surface area contributed by atoms with Crippen molar-refractivity contribution in [1.29, 1.82) is 5.26 Å². The second kappa shape index (κ2) is 4.51. The van der Waals surface area contributed by atoms with Crippen LogP contribution in [0, 0.1) is 17.2 Å². The van der Waals surface area contributed by atoms with Crippen molar-refractivity contribution in [3.63, 3.8) is 0 Å². The Labute approximate surface area is 92.4 Å². The van der Waals surface area contributed by atoms with Crippen LogP contribution in [0.4, 0.5) is 0 Å². The molecule has 3 nitrogen and oxygen atoms in total. The number of hydrogen-bond donors (Lipinski definition) is 1. The van der Waals surface area contributed by atoms with Crippen LogP contribution < -0.4 is 5.32 Å². The van der Waals surface area contributed by atoms with Gasteiger partial charge in [-0.3, -0.25) is 4.90 Å². The lowest BCUT2D eigenvalue weighted by atomic mass is 9.76. The molecule has 2 fully saturated rings. The van der Waals surface area contributed by atoms with Gasteiger partial charge < -0.3 is 5.32 Å². The van der Waals surface area contributed by atoms with Crippen molar-refractivity contribution in [2.24, 2.45) is 5.92 Å². The van der Waals surface area contributed by atoms with Crippen LogP contribution >= 0.6 is 0 Å². The molecule has 3 heteroatoms. The van der Waals surface area contributed by atoms with Crippen molar-refractivity contribution in [2.75, 3.05) is 26.2 Å². The fraction of sp³-hybridized carbons (Fsp3) is 0.917. The molecule has 0 spiro atoms. The van der Waals surface area contributed by atoms with E-state index in [2.05, 4.69) is 23.2 Å². The Hall–Kier alpha value is -0.590. The fourth-order valence-corrected chi connectivity index (χ4v) is 2.83. The lowest BCUT2D eigenvalue weighted by Crippen LogP contribution is -2.56. The molecular weight excluding hydrogens is 186 g/mol. The van der Waals surface area contributed by atoms with E-state index in [-0.39, 0.29) is 5.54 Å². The van der Waals surface area contributed by atoms with E-state index in [1.807, 2.05) is 0 Å². The molecule has 2 aliphatic rings. The first-order chi connectivity index (χ1) is 7.27. The average Bonchev–Trinajstić information content (AvgIpc) is 2.32. The first-order valence-corrected chi connectivity index (χ1v) is 6.14. The van der Waals surface area contributed by atoms with Gasteiger partial charge in [-0.2, -0.15) is 5.26 Å². The van der Waals surface area contributed by atoms with E-state index in [1.54, 1.807) is 0 Å². The summed E-state index contributed by atoms with van der Waals surface area (Å²) in [5.74, 6) is 0.814. The standard InChI is InChI=1S/C12H21N3/c1-11-2-4-12(10-13,5-3-11)15-8-6-14-7-9-15/h11,14H,2-9H2,1H3. The zero-order valence-corrected chi connectivity index (χ0v) is 9.63. The summed E-state index contributed by atoms with van der Waals surface area (Å²) in [6.07, 6.45) is 4.59. The molecule has 15 heavy (non-hydrogen) atoms. The maximum Gasteiger partial charge on any atom is 0.109 e. The van der Waals surface area contributed by atoms with Gasteiger partial charge in [0.15, 0.2) is 0 Å². The quantitative estimate of drug-likeness (QED) is 0.705. The molecule has 0 aromatic heterocycles. The zero-order chi connectivity index (χ0) is 10.7. The molecule has 0 aromatic rings. The summed E-state index contributed by atoms with van der Waals surface area (Å²) < 4.78 is 0. The van der Waals surface area contributed by atoms with Gasteiger partial charge in [-0.1, -0.05) is 6.92 Å². The maximum absolute atomic E-state index is 9.47. The number of nitriles is 1. The summed E-state index contributed by atoms with van der Waals surface area (Å²) in [7, 11) is 0. The van der Waals surface area contributed by atoms with Crippen LogP contribution in [0.15, 0.2) is 0 Å². The number of rotatable bonds is 1. The monoisotopic (exact) mass is 207 g/mol. The van der Waals surface area contributed by atoms with Gasteiger partial charge in [0.1, 0.15) is 5.54 Å². The van der Waals surface area contributed by atoms with E-state index >= 15 is 0 Å². The van der Waals surface area contributed by atoms with Gasteiger partial charge in [0.25, 0.3) is 0 Å². The summed E-state index contributed by atoms with van der Waals surface area (Å²) in [6, 6.07) is 2.61. The van der Waals surface area contributed by atoms with Gasteiger partial charge in [0.05, 0.1) is 6.07 Å². The molecule has 0 bridgehead atoms. The van der Waals surface area contributed by atoms with E-state index < -0.39 is 0 Å². The Balaban J connectivity index is 2.04. The molecule has 2 rings (SSSR count). The van der Waals surface area contributed by atoms with Crippen LogP contribution in [0.2, 0.25) is 0 Å². The van der Waals surface area contributed by atoms with Crippen molar-refractivity contribution in [3.05, 3.63) is 0 Å². The number of hydrogen-bond acceptors (Lipinski definition) is 3. The molecule has 1 heterocycles. The van der Waals surface area contributed by atoms with Gasteiger partial charge >= 0.3 is 0 Å². The average molecular weight is 207 g/mol. The predicted octanol–water partition coefficient (Wildman–Crippen LogP) is 1.36. The molecule has 0 unspecified atom stereocenters. The lowest BCUT2D eigenvalue weighted by Gasteiger charge is -2.44. The van der Waals surface area contributed by atoms with Crippen LogP contribution in [-0.2, 0) is 0 Å². The van der Waals surface area contributed by atoms with Crippen molar-refractivity contribution in [2.45, 2.75) is 38.1 Å². The van der Waals surface area contributed by atoms with Gasteiger partial charge in [-0.05, 0) is 31.6 Å². The van der Waals surface area contributed by atoms with Crippen molar-refractivity contribution in [1.82, 2.24) is 10.2 Å². The third-order valence-corrected chi connectivity index (χ3v) is 4.03. The van der Waals surface area contributed by atoms with E-state index in [0.717, 1.165) is 44.9 Å². The minimum absolute atomic E-state index is 0.130. The molecule has 1 N–H and O–H groups in total. The number of nitrogens with one attached hydrogen (secondary N) is 1. The normalized spacial score (nSPS) is 38.5. The first kappa shape index (κ1) is 10.9. The first-order valence-electron chi connectivity index (χ1n) is 6.14. The molecular formula is C12H21N3. The third-order valence-electron chi connectivity index (χ3n) is 4.03. The van der Waals surface area contributed by atoms with Crippen molar-refractivity contribution in [3.8, 4) is 6.07 Å². The molecule has 84 valence electrons. The minimum atomic E-state index is -0.130. The summed E-state index contributed by atoms with van der Waals surface area (Å²) in [5.41, 5.74) is -0.130. The lowest BCUT2D eigenvalue weighted by molar-refractivity contribution is 0.0720. The molecule has 0 aromatic carbocycles. The molecule has 1 aliphatic carbocycles. The largest absolute Gasteiger partial charge is 0.314 e. The Morgan fingerprint density at radius 3 is 2.40 bits per heavy atom. The maximum atomic E-state index is 9.47. The fourth-order valence-electron chi connectivity index (χ4n) is 2.83. The summed E-state index contributed by atoms with van der Waals surface area (Å²) in [4.78, 5) is 2.41. The van der Waals surface area contributed by atoms with Crippen LogP contribution in [0.5, 0.6) is 0 Å². The smallest absolute Gasteiger partial charge is 0.109 e. The summed E-state index contributed by atoms with van der Waals surface area (Å²) >= 11 is 0. The number of nitrogens with zero attached hydrogens (tertiary/aromatic N) is 2. The second-order valence-corrected chi connectivity index (χ2v) is 5.06.